The number of rotatable bonds is 8. The zero-order chi connectivity index (χ0) is 23.2. The number of aromatic nitrogens is 3. The lowest BCUT2D eigenvalue weighted by atomic mass is 9.82. The van der Waals surface area contributed by atoms with Crippen LogP contribution in [0.15, 0.2) is 59.4 Å². The van der Waals surface area contributed by atoms with Crippen LogP contribution < -0.4 is 5.69 Å². The topological polar surface area (TPSA) is 94.3 Å². The van der Waals surface area contributed by atoms with Crippen LogP contribution in [0.3, 0.4) is 0 Å². The molecule has 0 aliphatic heterocycles. The van der Waals surface area contributed by atoms with Crippen molar-refractivity contribution < 1.29 is 19.0 Å². The summed E-state index contributed by atoms with van der Waals surface area (Å²) in [6, 6.07) is 15.5. The summed E-state index contributed by atoms with van der Waals surface area (Å²) < 4.78 is 20.5. The number of carboxylic acids is 1. The maximum atomic E-state index is 13.9. The Morgan fingerprint density at radius 3 is 2.39 bits per heavy atom. The molecule has 1 fully saturated rings. The van der Waals surface area contributed by atoms with Gasteiger partial charge in [-0.1, -0.05) is 42.5 Å². The molecule has 0 bridgehead atoms. The van der Waals surface area contributed by atoms with E-state index in [1.165, 1.54) is 16.8 Å². The number of ether oxygens (including phenoxy) is 1. The Morgan fingerprint density at radius 1 is 1.00 bits per heavy atom. The molecule has 0 amide bonds. The summed E-state index contributed by atoms with van der Waals surface area (Å²) in [5.41, 5.74) is 1.75. The Bertz CT molecular complexity index is 1160. The first-order valence-electron chi connectivity index (χ1n) is 11.1. The molecule has 172 valence electrons. The minimum atomic E-state index is -0.961. The molecule has 8 heteroatoms. The third-order valence-corrected chi connectivity index (χ3v) is 6.00. The molecule has 4 rings (SSSR count). The van der Waals surface area contributed by atoms with Gasteiger partial charge in [0.2, 0.25) is 0 Å². The number of carbonyl (C=O) groups is 1. The Labute approximate surface area is 190 Å². The van der Waals surface area contributed by atoms with E-state index in [1.807, 2.05) is 30.3 Å². The number of benzene rings is 2. The van der Waals surface area contributed by atoms with Gasteiger partial charge in [0.15, 0.2) is 0 Å². The van der Waals surface area contributed by atoms with Gasteiger partial charge >= 0.3 is 11.7 Å². The summed E-state index contributed by atoms with van der Waals surface area (Å²) in [4.78, 5) is 27.7. The molecule has 0 atom stereocenters. The molecule has 0 spiro atoms. The number of hydrogen-bond donors (Lipinski definition) is 1. The Kier molecular flexibility index (Phi) is 7.24. The average molecular weight is 451 g/mol. The van der Waals surface area contributed by atoms with Gasteiger partial charge in [-0.25, -0.2) is 18.7 Å². The summed E-state index contributed by atoms with van der Waals surface area (Å²) in [6.45, 7) is 0.627. The van der Waals surface area contributed by atoms with Gasteiger partial charge in [0.05, 0.1) is 6.61 Å². The van der Waals surface area contributed by atoms with Crippen molar-refractivity contribution in [3.8, 4) is 22.5 Å². The quantitative estimate of drug-likeness (QED) is 0.556. The Morgan fingerprint density at radius 2 is 1.70 bits per heavy atom. The highest BCUT2D eigenvalue weighted by molar-refractivity contribution is 5.77. The van der Waals surface area contributed by atoms with Crippen molar-refractivity contribution in [1.82, 2.24) is 14.8 Å². The lowest BCUT2D eigenvalue weighted by Crippen LogP contribution is -2.31. The normalized spacial score (nSPS) is 18.2. The van der Waals surface area contributed by atoms with Gasteiger partial charge in [-0.2, -0.15) is 10.1 Å². The molecule has 1 aliphatic carbocycles. The zero-order valence-corrected chi connectivity index (χ0v) is 18.2. The van der Waals surface area contributed by atoms with Gasteiger partial charge in [-0.3, -0.25) is 0 Å². The van der Waals surface area contributed by atoms with Crippen LogP contribution in [0.1, 0.15) is 25.7 Å². The van der Waals surface area contributed by atoms with E-state index >= 15 is 0 Å². The van der Waals surface area contributed by atoms with Crippen LogP contribution in [-0.2, 0) is 16.1 Å². The van der Waals surface area contributed by atoms with Crippen LogP contribution in [0.4, 0.5) is 4.39 Å². The number of aliphatic carboxylic acids is 1. The van der Waals surface area contributed by atoms with Crippen molar-refractivity contribution in [1.29, 1.82) is 0 Å². The van der Waals surface area contributed by atoms with Gasteiger partial charge in [0.25, 0.3) is 0 Å². The molecule has 1 aliphatic rings. The van der Waals surface area contributed by atoms with Crippen molar-refractivity contribution in [3.05, 3.63) is 70.9 Å². The SMILES string of the molecule is O=C(O)COC[C@H]1CC[C@@H](Cn2nc(-c3ccccc3)c(-c3cccc(F)c3)nc2=O)CC1. The van der Waals surface area contributed by atoms with Crippen LogP contribution in [0.25, 0.3) is 22.5 Å². The largest absolute Gasteiger partial charge is 0.480 e. The molecule has 7 nitrogen and oxygen atoms in total. The number of carboxylic acid groups (broad SMARTS) is 1. The third-order valence-electron chi connectivity index (χ3n) is 6.00. The summed E-state index contributed by atoms with van der Waals surface area (Å²) in [6.07, 6.45) is 3.64. The summed E-state index contributed by atoms with van der Waals surface area (Å²) in [5, 5.41) is 13.4. The molecule has 0 saturated heterocycles. The van der Waals surface area contributed by atoms with E-state index < -0.39 is 17.5 Å². The molecular weight excluding hydrogens is 425 g/mol. The first-order valence-corrected chi connectivity index (χ1v) is 11.1. The Balaban J connectivity index is 1.54. The van der Waals surface area contributed by atoms with Crippen molar-refractivity contribution >= 4 is 5.97 Å². The first-order chi connectivity index (χ1) is 16.0. The summed E-state index contributed by atoms with van der Waals surface area (Å²) in [5.74, 6) is -0.755. The van der Waals surface area contributed by atoms with E-state index in [2.05, 4.69) is 10.1 Å². The minimum Gasteiger partial charge on any atom is -0.480 e. The lowest BCUT2D eigenvalue weighted by Gasteiger charge is -2.28. The maximum absolute atomic E-state index is 13.9. The standard InChI is InChI=1S/C25H26FN3O4/c26-21-8-4-7-20(13-21)23-24(19-5-2-1-3-6-19)28-29(25(32)27-23)14-17-9-11-18(12-10-17)15-33-16-22(30)31/h1-8,13,17-18H,9-12,14-16H2,(H,30,31)/t17-,18+. The molecule has 3 aromatic rings. The maximum Gasteiger partial charge on any atom is 0.364 e. The van der Waals surface area contributed by atoms with Crippen molar-refractivity contribution in [3.63, 3.8) is 0 Å². The third kappa shape index (κ3) is 5.90. The number of halogens is 1. The van der Waals surface area contributed by atoms with Crippen LogP contribution >= 0.6 is 0 Å². The molecule has 1 aromatic heterocycles. The molecule has 1 N–H and O–H groups in total. The van der Waals surface area contributed by atoms with Gasteiger partial charge in [0, 0.05) is 17.7 Å². The predicted octanol–water partition coefficient (Wildman–Crippen LogP) is 4.02. The van der Waals surface area contributed by atoms with Crippen molar-refractivity contribution in [2.24, 2.45) is 11.8 Å². The monoisotopic (exact) mass is 451 g/mol. The first kappa shape index (κ1) is 22.8. The molecular formula is C25H26FN3O4. The van der Waals surface area contributed by atoms with E-state index in [-0.39, 0.29) is 12.5 Å². The number of hydrogen-bond acceptors (Lipinski definition) is 5. The fraction of sp³-hybridized carbons (Fsp3) is 0.360. The summed E-state index contributed by atoms with van der Waals surface area (Å²) in [7, 11) is 0. The van der Waals surface area contributed by atoms with Crippen molar-refractivity contribution in [2.45, 2.75) is 32.2 Å². The second-order valence-corrected chi connectivity index (χ2v) is 8.45. The minimum absolute atomic E-state index is 0.273. The average Bonchev–Trinajstić information content (AvgIpc) is 2.81. The van der Waals surface area contributed by atoms with Crippen LogP contribution in [0, 0.1) is 17.7 Å². The summed E-state index contributed by atoms with van der Waals surface area (Å²) >= 11 is 0. The predicted molar refractivity (Wildman–Crippen MR) is 121 cm³/mol. The van der Waals surface area contributed by atoms with E-state index in [4.69, 9.17) is 9.84 Å². The molecule has 1 saturated carbocycles. The van der Waals surface area contributed by atoms with Crippen LogP contribution in [0.5, 0.6) is 0 Å². The second kappa shape index (κ2) is 10.5. The van der Waals surface area contributed by atoms with E-state index in [0.717, 1.165) is 31.2 Å². The van der Waals surface area contributed by atoms with Gasteiger partial charge < -0.3 is 9.84 Å². The molecule has 33 heavy (non-hydrogen) atoms. The fourth-order valence-corrected chi connectivity index (χ4v) is 4.30. The van der Waals surface area contributed by atoms with Gasteiger partial charge in [-0.15, -0.1) is 0 Å². The number of nitrogens with zero attached hydrogens (tertiary/aromatic N) is 3. The zero-order valence-electron chi connectivity index (χ0n) is 18.2. The highest BCUT2D eigenvalue weighted by Crippen LogP contribution is 2.31. The highest BCUT2D eigenvalue weighted by Gasteiger charge is 2.24. The van der Waals surface area contributed by atoms with Gasteiger partial charge in [-0.05, 0) is 49.7 Å². The van der Waals surface area contributed by atoms with Crippen LogP contribution in [0.2, 0.25) is 0 Å². The fourth-order valence-electron chi connectivity index (χ4n) is 4.30. The van der Waals surface area contributed by atoms with Crippen LogP contribution in [-0.4, -0.2) is 39.1 Å². The van der Waals surface area contributed by atoms with Gasteiger partial charge in [0.1, 0.15) is 23.8 Å². The van der Waals surface area contributed by atoms with Crippen molar-refractivity contribution in [2.75, 3.05) is 13.2 Å². The Hall–Kier alpha value is -3.39. The molecule has 0 unspecified atom stereocenters. The highest BCUT2D eigenvalue weighted by atomic mass is 19.1. The van der Waals surface area contributed by atoms with E-state index in [0.29, 0.717) is 36.0 Å². The second-order valence-electron chi connectivity index (χ2n) is 8.45. The molecule has 0 radical (unpaired) electrons. The van der Waals surface area contributed by atoms with E-state index in [1.54, 1.807) is 12.1 Å². The lowest BCUT2D eigenvalue weighted by molar-refractivity contribution is -0.142. The smallest absolute Gasteiger partial charge is 0.364 e. The van der Waals surface area contributed by atoms with E-state index in [9.17, 15) is 14.0 Å². The molecule has 1 heterocycles. The molecule has 2 aromatic carbocycles.